The highest BCUT2D eigenvalue weighted by Gasteiger charge is 1.88. The Morgan fingerprint density at radius 1 is 0.769 bits per heavy atom. The van der Waals surface area contributed by atoms with Gasteiger partial charge in [0.25, 0.3) is 0 Å². The molecule has 0 fully saturated rings. The fourth-order valence-corrected chi connectivity index (χ4v) is 3.00. The van der Waals surface area contributed by atoms with Crippen LogP contribution >= 0.6 is 17.2 Å². The van der Waals surface area contributed by atoms with Crippen molar-refractivity contribution in [3.8, 4) is 0 Å². The van der Waals surface area contributed by atoms with Gasteiger partial charge in [-0.2, -0.15) is 0 Å². The molecule has 2 atom stereocenters. The molecule has 0 heterocycles. The Balaban J connectivity index is 2.76. The molecule has 0 rings (SSSR count). The Bertz CT molecular complexity index is 79.0. The highest BCUT2D eigenvalue weighted by atomic mass is 31.1. The zero-order chi connectivity index (χ0) is 9.78. The third-order valence-electron chi connectivity index (χ3n) is 1.81. The lowest BCUT2D eigenvalue weighted by atomic mass is 10.6. The van der Waals surface area contributed by atoms with Crippen molar-refractivity contribution in [1.82, 2.24) is 5.32 Å². The van der Waals surface area contributed by atoms with E-state index >= 15 is 0 Å². The van der Waals surface area contributed by atoms with E-state index in [1.54, 1.807) is 0 Å². The van der Waals surface area contributed by atoms with Gasteiger partial charge in [0, 0.05) is 0 Å². The van der Waals surface area contributed by atoms with Crippen LogP contribution in [0.1, 0.15) is 26.7 Å². The van der Waals surface area contributed by atoms with Gasteiger partial charge in [0.15, 0.2) is 0 Å². The number of hydrogen-bond acceptors (Lipinski definition) is 1. The Morgan fingerprint density at radius 3 is 1.62 bits per heavy atom. The first-order valence-corrected chi connectivity index (χ1v) is 8.36. The van der Waals surface area contributed by atoms with Crippen molar-refractivity contribution < 1.29 is 0 Å². The van der Waals surface area contributed by atoms with Crippen molar-refractivity contribution >= 4 is 17.2 Å². The standard InChI is InChI=1S/C10H25NP2/c1-3-7-12-9-5-11-6-10-13-8-4-2/h11-13H,3-10H2,1-2H3. The van der Waals surface area contributed by atoms with Crippen LogP contribution in [0.4, 0.5) is 0 Å². The highest BCUT2D eigenvalue weighted by molar-refractivity contribution is 7.38. The molecule has 0 saturated heterocycles. The minimum atomic E-state index is 1.18. The second kappa shape index (κ2) is 12.8. The molecule has 1 N–H and O–H groups in total. The topological polar surface area (TPSA) is 12.0 Å². The molecular weight excluding hydrogens is 196 g/mol. The minimum absolute atomic E-state index is 1.18. The summed E-state index contributed by atoms with van der Waals surface area (Å²) in [5, 5.41) is 3.52. The molecule has 0 aromatic heterocycles. The van der Waals surface area contributed by atoms with Crippen LogP contribution < -0.4 is 5.32 Å². The van der Waals surface area contributed by atoms with E-state index in [4.69, 9.17) is 0 Å². The van der Waals surface area contributed by atoms with E-state index in [0.717, 1.165) is 0 Å². The van der Waals surface area contributed by atoms with Gasteiger partial charge in [-0.05, 0) is 37.7 Å². The predicted molar refractivity (Wildman–Crippen MR) is 69.5 cm³/mol. The monoisotopic (exact) mass is 221 g/mol. The molecule has 0 aliphatic heterocycles. The molecule has 0 aromatic carbocycles. The smallest absolute Gasteiger partial charge is 0.00117 e. The fraction of sp³-hybridized carbons (Fsp3) is 1.00. The first-order chi connectivity index (χ1) is 6.41. The van der Waals surface area contributed by atoms with E-state index in [2.05, 4.69) is 19.2 Å². The van der Waals surface area contributed by atoms with Gasteiger partial charge in [-0.25, -0.2) is 0 Å². The van der Waals surface area contributed by atoms with Crippen molar-refractivity contribution in [3.05, 3.63) is 0 Å². The van der Waals surface area contributed by atoms with Crippen LogP contribution in [0.2, 0.25) is 0 Å². The van der Waals surface area contributed by atoms with Gasteiger partial charge in [0.05, 0.1) is 0 Å². The van der Waals surface area contributed by atoms with Crippen molar-refractivity contribution in [3.63, 3.8) is 0 Å². The van der Waals surface area contributed by atoms with Gasteiger partial charge < -0.3 is 5.32 Å². The van der Waals surface area contributed by atoms with Crippen molar-refractivity contribution in [2.75, 3.05) is 37.7 Å². The van der Waals surface area contributed by atoms with E-state index in [-0.39, 0.29) is 0 Å². The molecule has 0 aromatic rings. The van der Waals surface area contributed by atoms with Gasteiger partial charge in [0.2, 0.25) is 0 Å². The molecule has 3 heteroatoms. The molecule has 1 nitrogen and oxygen atoms in total. The summed E-state index contributed by atoms with van der Waals surface area (Å²) in [6.07, 6.45) is 8.36. The lowest BCUT2D eigenvalue weighted by Crippen LogP contribution is -2.19. The van der Waals surface area contributed by atoms with Gasteiger partial charge in [-0.1, -0.05) is 26.7 Å². The molecule has 0 bridgehead atoms. The molecular formula is C10H25NP2. The van der Waals surface area contributed by atoms with Crippen LogP contribution in [0.15, 0.2) is 0 Å². The highest BCUT2D eigenvalue weighted by Crippen LogP contribution is 2.10. The Kier molecular flexibility index (Phi) is 13.6. The van der Waals surface area contributed by atoms with E-state index in [9.17, 15) is 0 Å². The summed E-state index contributed by atoms with van der Waals surface area (Å²) in [7, 11) is 2.37. The average Bonchev–Trinajstić information content (AvgIpc) is 2.16. The minimum Gasteiger partial charge on any atom is -0.316 e. The quantitative estimate of drug-likeness (QED) is 0.442. The summed E-state index contributed by atoms with van der Waals surface area (Å²) in [6.45, 7) is 7.03. The van der Waals surface area contributed by atoms with Crippen LogP contribution in [0, 0.1) is 0 Å². The number of nitrogens with one attached hydrogen (secondary N) is 1. The third kappa shape index (κ3) is 12.8. The van der Waals surface area contributed by atoms with Gasteiger partial charge in [-0.3, -0.25) is 0 Å². The Morgan fingerprint density at radius 2 is 1.23 bits per heavy atom. The first-order valence-electron chi connectivity index (χ1n) is 5.54. The summed E-state index contributed by atoms with van der Waals surface area (Å²) in [4.78, 5) is 0. The zero-order valence-electron chi connectivity index (χ0n) is 9.16. The maximum atomic E-state index is 3.52. The number of rotatable bonds is 10. The fourth-order valence-electron chi connectivity index (χ4n) is 1.08. The largest absolute Gasteiger partial charge is 0.316 e. The summed E-state index contributed by atoms with van der Waals surface area (Å²) in [5.41, 5.74) is 0. The normalized spacial score (nSPS) is 12.5. The molecule has 2 unspecified atom stereocenters. The van der Waals surface area contributed by atoms with Gasteiger partial charge in [-0.15, -0.1) is 17.2 Å². The predicted octanol–water partition coefficient (Wildman–Crippen LogP) is 2.75. The lowest BCUT2D eigenvalue weighted by molar-refractivity contribution is 0.771. The summed E-state index contributed by atoms with van der Waals surface area (Å²) in [6, 6.07) is 0. The maximum absolute atomic E-state index is 3.52. The first kappa shape index (κ1) is 13.8. The molecule has 0 aliphatic rings. The second-order valence-corrected chi connectivity index (χ2v) is 6.25. The Hall–Kier alpha value is 0.820. The van der Waals surface area contributed by atoms with E-state index in [1.165, 1.54) is 67.7 Å². The SMILES string of the molecule is CCCPCCNCCPCCC. The lowest BCUT2D eigenvalue weighted by Gasteiger charge is -2.03. The number of hydrogen-bond donors (Lipinski definition) is 1. The molecule has 0 radical (unpaired) electrons. The maximum Gasteiger partial charge on any atom is -0.00117 e. The van der Waals surface area contributed by atoms with E-state index in [1.807, 2.05) is 0 Å². The molecule has 0 saturated carbocycles. The summed E-state index contributed by atoms with van der Waals surface area (Å²) < 4.78 is 0. The van der Waals surface area contributed by atoms with Crippen LogP contribution in [0.25, 0.3) is 0 Å². The molecule has 13 heavy (non-hydrogen) atoms. The van der Waals surface area contributed by atoms with E-state index < -0.39 is 0 Å². The third-order valence-corrected chi connectivity index (χ3v) is 4.72. The van der Waals surface area contributed by atoms with Crippen LogP contribution in [0.3, 0.4) is 0 Å². The Labute approximate surface area is 87.4 Å². The molecule has 0 spiro atoms. The summed E-state index contributed by atoms with van der Waals surface area (Å²) >= 11 is 0. The van der Waals surface area contributed by atoms with Crippen molar-refractivity contribution in [2.24, 2.45) is 0 Å². The van der Waals surface area contributed by atoms with Crippen molar-refractivity contribution in [1.29, 1.82) is 0 Å². The average molecular weight is 221 g/mol. The van der Waals surface area contributed by atoms with Gasteiger partial charge in [0.1, 0.15) is 0 Å². The molecule has 80 valence electrons. The van der Waals surface area contributed by atoms with Gasteiger partial charge >= 0.3 is 0 Å². The zero-order valence-corrected chi connectivity index (χ0v) is 11.2. The molecule has 0 aliphatic carbocycles. The summed E-state index contributed by atoms with van der Waals surface area (Å²) in [5.74, 6) is 0. The second-order valence-electron chi connectivity index (χ2n) is 3.25. The van der Waals surface area contributed by atoms with Crippen LogP contribution in [0.5, 0.6) is 0 Å². The van der Waals surface area contributed by atoms with Crippen molar-refractivity contribution in [2.45, 2.75) is 26.7 Å². The van der Waals surface area contributed by atoms with E-state index in [0.29, 0.717) is 0 Å². The van der Waals surface area contributed by atoms with Crippen LogP contribution in [-0.2, 0) is 0 Å². The molecule has 0 amide bonds. The van der Waals surface area contributed by atoms with Crippen LogP contribution in [-0.4, -0.2) is 37.7 Å².